The predicted molar refractivity (Wildman–Crippen MR) is 77.2 cm³/mol. The molecule has 0 saturated carbocycles. The molecule has 3 heterocycles. The molecule has 2 saturated heterocycles. The zero-order chi connectivity index (χ0) is 14.9. The van der Waals surface area contributed by atoms with Gasteiger partial charge in [0.1, 0.15) is 11.4 Å². The van der Waals surface area contributed by atoms with E-state index in [0.29, 0.717) is 25.6 Å². The lowest BCUT2D eigenvalue weighted by Crippen LogP contribution is -2.68. The van der Waals surface area contributed by atoms with Crippen molar-refractivity contribution in [2.75, 3.05) is 40.4 Å². The predicted octanol–water partition coefficient (Wildman–Crippen LogP) is 1.23. The highest BCUT2D eigenvalue weighted by atomic mass is 16.5. The maximum absolute atomic E-state index is 11.9. The summed E-state index contributed by atoms with van der Waals surface area (Å²) >= 11 is 0. The van der Waals surface area contributed by atoms with Crippen LogP contribution in [0.2, 0.25) is 0 Å². The number of carbonyl (C=O) groups is 1. The van der Waals surface area contributed by atoms with Gasteiger partial charge in [-0.3, -0.25) is 4.98 Å². The molecule has 0 unspecified atom stereocenters. The summed E-state index contributed by atoms with van der Waals surface area (Å²) in [6, 6.07) is 3.80. The third-order valence-corrected chi connectivity index (χ3v) is 4.26. The number of nitrogens with zero attached hydrogens (tertiary/aromatic N) is 3. The first-order chi connectivity index (χ1) is 10.1. The van der Waals surface area contributed by atoms with Crippen LogP contribution in [0.4, 0.5) is 4.79 Å². The van der Waals surface area contributed by atoms with Gasteiger partial charge in [-0.05, 0) is 18.6 Å². The van der Waals surface area contributed by atoms with E-state index in [4.69, 9.17) is 9.47 Å². The van der Waals surface area contributed by atoms with Gasteiger partial charge in [-0.15, -0.1) is 0 Å². The average Bonchev–Trinajstić information content (AvgIpc) is 2.87. The Morgan fingerprint density at radius 3 is 3.05 bits per heavy atom. The number of urea groups is 1. The van der Waals surface area contributed by atoms with E-state index in [-0.39, 0.29) is 11.6 Å². The SMILES string of the molecule is CN(C)C(=O)N1CC2(C1)OCC[C@H]2COc1cccnc1. The smallest absolute Gasteiger partial charge is 0.319 e. The molecule has 0 radical (unpaired) electrons. The molecule has 114 valence electrons. The molecular formula is C15H21N3O3. The summed E-state index contributed by atoms with van der Waals surface area (Å²) in [5, 5.41) is 0. The van der Waals surface area contributed by atoms with Crippen LogP contribution in [0.15, 0.2) is 24.5 Å². The summed E-state index contributed by atoms with van der Waals surface area (Å²) in [7, 11) is 3.54. The average molecular weight is 291 g/mol. The Kier molecular flexibility index (Phi) is 3.71. The number of likely N-dealkylation sites (tertiary alicyclic amines) is 1. The lowest BCUT2D eigenvalue weighted by Gasteiger charge is -2.50. The fraction of sp³-hybridized carbons (Fsp3) is 0.600. The first-order valence-electron chi connectivity index (χ1n) is 7.24. The van der Waals surface area contributed by atoms with Crippen LogP contribution in [-0.2, 0) is 4.74 Å². The number of hydrogen-bond donors (Lipinski definition) is 0. The number of ether oxygens (including phenoxy) is 2. The molecule has 0 bridgehead atoms. The molecule has 2 aliphatic heterocycles. The number of hydrogen-bond acceptors (Lipinski definition) is 4. The van der Waals surface area contributed by atoms with Crippen LogP contribution in [0.3, 0.4) is 0 Å². The monoisotopic (exact) mass is 291 g/mol. The molecule has 1 aromatic rings. The third-order valence-electron chi connectivity index (χ3n) is 4.26. The number of pyridine rings is 1. The van der Waals surface area contributed by atoms with Gasteiger partial charge in [-0.2, -0.15) is 0 Å². The number of aromatic nitrogens is 1. The topological polar surface area (TPSA) is 54.9 Å². The molecule has 2 fully saturated rings. The third kappa shape index (κ3) is 2.68. The van der Waals surface area contributed by atoms with Crippen molar-refractivity contribution in [2.24, 2.45) is 5.92 Å². The van der Waals surface area contributed by atoms with E-state index in [9.17, 15) is 4.79 Å². The van der Waals surface area contributed by atoms with Gasteiger partial charge < -0.3 is 19.3 Å². The van der Waals surface area contributed by atoms with Crippen molar-refractivity contribution in [1.82, 2.24) is 14.8 Å². The van der Waals surface area contributed by atoms with Gasteiger partial charge in [0.15, 0.2) is 0 Å². The van der Waals surface area contributed by atoms with Crippen LogP contribution in [0, 0.1) is 5.92 Å². The molecule has 6 nitrogen and oxygen atoms in total. The molecule has 2 aliphatic rings. The van der Waals surface area contributed by atoms with Crippen LogP contribution < -0.4 is 4.74 Å². The van der Waals surface area contributed by atoms with E-state index in [1.165, 1.54) is 0 Å². The Morgan fingerprint density at radius 1 is 1.57 bits per heavy atom. The second-order valence-electron chi connectivity index (χ2n) is 5.93. The normalized spacial score (nSPS) is 23.0. The van der Waals surface area contributed by atoms with Gasteiger partial charge in [0.2, 0.25) is 0 Å². The molecular weight excluding hydrogens is 270 g/mol. The quantitative estimate of drug-likeness (QED) is 0.840. The van der Waals surface area contributed by atoms with Crippen molar-refractivity contribution >= 4 is 6.03 Å². The molecule has 3 rings (SSSR count). The molecule has 0 aromatic carbocycles. The second-order valence-corrected chi connectivity index (χ2v) is 5.93. The van der Waals surface area contributed by atoms with Crippen LogP contribution in [0.5, 0.6) is 5.75 Å². The Bertz CT molecular complexity index is 500. The zero-order valence-corrected chi connectivity index (χ0v) is 12.5. The van der Waals surface area contributed by atoms with Gasteiger partial charge in [0.05, 0.1) is 25.9 Å². The largest absolute Gasteiger partial charge is 0.492 e. The summed E-state index contributed by atoms with van der Waals surface area (Å²) in [5.74, 6) is 1.10. The number of amides is 2. The highest BCUT2D eigenvalue weighted by Gasteiger charge is 2.55. The molecule has 1 aromatic heterocycles. The summed E-state index contributed by atoms with van der Waals surface area (Å²) in [4.78, 5) is 19.4. The standard InChI is InChI=1S/C15H21N3O3/c1-17(2)14(19)18-10-15(11-18)12(5-7-21-15)9-20-13-4-3-6-16-8-13/h3-4,6,8,12H,5,7,9-11H2,1-2H3/t12-/m0/s1. The second kappa shape index (κ2) is 5.52. The van der Waals surface area contributed by atoms with Crippen molar-refractivity contribution in [1.29, 1.82) is 0 Å². The molecule has 21 heavy (non-hydrogen) atoms. The van der Waals surface area contributed by atoms with E-state index in [1.54, 1.807) is 31.4 Å². The van der Waals surface area contributed by atoms with Gasteiger partial charge in [0, 0.05) is 32.8 Å². The van der Waals surface area contributed by atoms with Gasteiger partial charge in [0.25, 0.3) is 0 Å². The molecule has 0 aliphatic carbocycles. The van der Waals surface area contributed by atoms with E-state index >= 15 is 0 Å². The molecule has 0 N–H and O–H groups in total. The summed E-state index contributed by atoms with van der Waals surface area (Å²) < 4.78 is 11.7. The van der Waals surface area contributed by atoms with E-state index in [0.717, 1.165) is 18.8 Å². The van der Waals surface area contributed by atoms with Crippen molar-refractivity contribution in [3.63, 3.8) is 0 Å². The zero-order valence-electron chi connectivity index (χ0n) is 12.5. The summed E-state index contributed by atoms with van der Waals surface area (Å²) in [6.07, 6.45) is 4.42. The Labute approximate surface area is 124 Å². The van der Waals surface area contributed by atoms with Crippen LogP contribution in [0.25, 0.3) is 0 Å². The molecule has 1 spiro atoms. The van der Waals surface area contributed by atoms with Crippen molar-refractivity contribution < 1.29 is 14.3 Å². The summed E-state index contributed by atoms with van der Waals surface area (Å²) in [6.45, 7) is 2.66. The lowest BCUT2D eigenvalue weighted by atomic mass is 9.81. The molecule has 2 amide bonds. The fourth-order valence-electron chi connectivity index (χ4n) is 3.02. The van der Waals surface area contributed by atoms with Crippen molar-refractivity contribution in [3.8, 4) is 5.75 Å². The van der Waals surface area contributed by atoms with Gasteiger partial charge in [-0.1, -0.05) is 0 Å². The number of carbonyl (C=O) groups excluding carboxylic acids is 1. The molecule has 6 heteroatoms. The van der Waals surface area contributed by atoms with Gasteiger partial charge in [-0.25, -0.2) is 4.79 Å². The van der Waals surface area contributed by atoms with Crippen LogP contribution in [0.1, 0.15) is 6.42 Å². The van der Waals surface area contributed by atoms with E-state index in [1.807, 2.05) is 17.0 Å². The van der Waals surface area contributed by atoms with E-state index < -0.39 is 0 Å². The highest BCUT2D eigenvalue weighted by Crippen LogP contribution is 2.40. The maximum atomic E-state index is 11.9. The first kappa shape index (κ1) is 14.1. The minimum atomic E-state index is -0.214. The van der Waals surface area contributed by atoms with Gasteiger partial charge >= 0.3 is 6.03 Å². The summed E-state index contributed by atoms with van der Waals surface area (Å²) in [5.41, 5.74) is -0.214. The van der Waals surface area contributed by atoms with Crippen LogP contribution in [-0.4, -0.2) is 66.8 Å². The highest BCUT2D eigenvalue weighted by molar-refractivity contribution is 5.75. The number of rotatable bonds is 3. The Balaban J connectivity index is 1.56. The minimum absolute atomic E-state index is 0.0445. The Hall–Kier alpha value is -1.82. The van der Waals surface area contributed by atoms with Crippen LogP contribution >= 0.6 is 0 Å². The van der Waals surface area contributed by atoms with Crippen molar-refractivity contribution in [2.45, 2.75) is 12.0 Å². The minimum Gasteiger partial charge on any atom is -0.492 e. The molecule has 1 atom stereocenters. The maximum Gasteiger partial charge on any atom is 0.319 e. The Morgan fingerprint density at radius 2 is 2.38 bits per heavy atom. The van der Waals surface area contributed by atoms with Crippen molar-refractivity contribution in [3.05, 3.63) is 24.5 Å². The lowest BCUT2D eigenvalue weighted by molar-refractivity contribution is -0.122. The first-order valence-corrected chi connectivity index (χ1v) is 7.24. The van der Waals surface area contributed by atoms with E-state index in [2.05, 4.69) is 4.98 Å². The fourth-order valence-corrected chi connectivity index (χ4v) is 3.02.